The molecule has 1 aromatic rings. The third-order valence-electron chi connectivity index (χ3n) is 3.78. The van der Waals surface area contributed by atoms with Crippen molar-refractivity contribution in [2.45, 2.75) is 41.9 Å². The molecule has 0 aromatic heterocycles. The maximum Gasteiger partial charge on any atom is 0.341 e. The van der Waals surface area contributed by atoms with Crippen LogP contribution in [0.3, 0.4) is 0 Å². The molecule has 20 heavy (non-hydrogen) atoms. The van der Waals surface area contributed by atoms with Crippen molar-refractivity contribution in [2.24, 2.45) is 5.73 Å². The molecule has 1 aliphatic rings. The van der Waals surface area contributed by atoms with Crippen LogP contribution in [0, 0.1) is 0 Å². The zero-order valence-electron chi connectivity index (χ0n) is 11.0. The summed E-state index contributed by atoms with van der Waals surface area (Å²) in [7, 11) is -4.53. The number of hydrogen-bond acceptors (Lipinski definition) is 4. The Labute approximate surface area is 117 Å². The van der Waals surface area contributed by atoms with E-state index in [1.54, 1.807) is 0 Å². The van der Waals surface area contributed by atoms with Gasteiger partial charge in [-0.1, -0.05) is 12.8 Å². The van der Waals surface area contributed by atoms with E-state index >= 15 is 0 Å². The Balaban J connectivity index is 2.17. The second-order valence-electron chi connectivity index (χ2n) is 5.15. The van der Waals surface area contributed by atoms with Gasteiger partial charge in [0.1, 0.15) is 0 Å². The van der Waals surface area contributed by atoms with Gasteiger partial charge in [0.05, 0.1) is 4.90 Å². The Bertz CT molecular complexity index is 552. The quantitative estimate of drug-likeness (QED) is 0.876. The fourth-order valence-corrected chi connectivity index (χ4v) is 3.29. The van der Waals surface area contributed by atoms with Gasteiger partial charge in [-0.3, -0.25) is 0 Å². The molecule has 0 atom stereocenters. The van der Waals surface area contributed by atoms with Gasteiger partial charge in [0.25, 0.3) is 0 Å². The van der Waals surface area contributed by atoms with Crippen molar-refractivity contribution >= 4 is 15.5 Å². The van der Waals surface area contributed by atoms with Gasteiger partial charge < -0.3 is 11.1 Å². The zero-order valence-corrected chi connectivity index (χ0v) is 11.8. The molecule has 1 saturated carbocycles. The average Bonchev–Trinajstić information content (AvgIpc) is 2.88. The minimum Gasteiger partial charge on any atom is -0.378 e. The lowest BCUT2D eigenvalue weighted by atomic mass is 9.97. The third-order valence-corrected chi connectivity index (χ3v) is 5.18. The number of alkyl halides is 2. The Morgan fingerprint density at radius 1 is 1.20 bits per heavy atom. The van der Waals surface area contributed by atoms with Crippen LogP contribution in [-0.2, 0) is 9.84 Å². The van der Waals surface area contributed by atoms with Crippen LogP contribution in [0.1, 0.15) is 25.7 Å². The van der Waals surface area contributed by atoms with Crippen molar-refractivity contribution in [3.63, 3.8) is 0 Å². The summed E-state index contributed by atoms with van der Waals surface area (Å²) < 4.78 is 47.5. The molecule has 4 nitrogen and oxygen atoms in total. The summed E-state index contributed by atoms with van der Waals surface area (Å²) in [4.78, 5) is -0.369. The van der Waals surface area contributed by atoms with Crippen LogP contribution >= 0.6 is 0 Å². The second kappa shape index (κ2) is 5.65. The molecule has 0 unspecified atom stereocenters. The lowest BCUT2D eigenvalue weighted by molar-refractivity contribution is 0.234. The summed E-state index contributed by atoms with van der Waals surface area (Å²) in [5, 5.41) is 3.30. The number of benzene rings is 1. The lowest BCUT2D eigenvalue weighted by Gasteiger charge is -2.30. The number of halogens is 2. The highest BCUT2D eigenvalue weighted by atomic mass is 32.2. The van der Waals surface area contributed by atoms with Gasteiger partial charge in [0.2, 0.25) is 9.84 Å². The maximum absolute atomic E-state index is 12.4. The summed E-state index contributed by atoms with van der Waals surface area (Å²) in [6.45, 7) is 0.490. The monoisotopic (exact) mass is 304 g/mol. The van der Waals surface area contributed by atoms with E-state index < -0.39 is 15.6 Å². The average molecular weight is 304 g/mol. The molecule has 0 bridgehead atoms. The smallest absolute Gasteiger partial charge is 0.341 e. The first kappa shape index (κ1) is 15.2. The van der Waals surface area contributed by atoms with Gasteiger partial charge in [-0.05, 0) is 37.1 Å². The number of rotatable bonds is 5. The molecule has 1 fully saturated rings. The Morgan fingerprint density at radius 2 is 1.75 bits per heavy atom. The predicted octanol–water partition coefficient (Wildman–Crippen LogP) is 2.37. The second-order valence-corrected chi connectivity index (χ2v) is 7.06. The number of nitrogens with one attached hydrogen (secondary N) is 1. The van der Waals surface area contributed by atoms with Crippen molar-refractivity contribution in [2.75, 3.05) is 11.9 Å². The predicted molar refractivity (Wildman–Crippen MR) is 73.5 cm³/mol. The van der Waals surface area contributed by atoms with Gasteiger partial charge >= 0.3 is 5.76 Å². The Morgan fingerprint density at radius 3 is 2.20 bits per heavy atom. The molecule has 2 rings (SSSR count). The molecular weight excluding hydrogens is 286 g/mol. The minimum absolute atomic E-state index is 0.164. The minimum atomic E-state index is -4.53. The van der Waals surface area contributed by atoms with Crippen LogP contribution in [0.4, 0.5) is 14.5 Å². The summed E-state index contributed by atoms with van der Waals surface area (Å²) in [6, 6.07) is 5.40. The van der Waals surface area contributed by atoms with E-state index in [-0.39, 0.29) is 10.4 Å². The summed E-state index contributed by atoms with van der Waals surface area (Å²) in [6.07, 6.45) is 4.12. The molecule has 0 heterocycles. The molecule has 1 aliphatic carbocycles. The molecule has 0 amide bonds. The molecule has 112 valence electrons. The SMILES string of the molecule is NCC1(Nc2ccc(S(=O)(=O)C(F)F)cc2)CCCC1. The van der Waals surface area contributed by atoms with E-state index in [0.717, 1.165) is 25.7 Å². The maximum atomic E-state index is 12.4. The highest BCUT2D eigenvalue weighted by Gasteiger charge is 2.32. The van der Waals surface area contributed by atoms with Crippen LogP contribution in [0.25, 0.3) is 0 Å². The summed E-state index contributed by atoms with van der Waals surface area (Å²) >= 11 is 0. The van der Waals surface area contributed by atoms with E-state index in [1.807, 2.05) is 0 Å². The summed E-state index contributed by atoms with van der Waals surface area (Å²) in [5.74, 6) is -3.40. The first-order valence-corrected chi connectivity index (χ1v) is 8.05. The fraction of sp³-hybridized carbons (Fsp3) is 0.538. The molecule has 0 saturated heterocycles. The zero-order chi connectivity index (χ0) is 14.8. The molecule has 7 heteroatoms. The molecule has 3 N–H and O–H groups in total. The van der Waals surface area contributed by atoms with E-state index in [2.05, 4.69) is 5.32 Å². The third kappa shape index (κ3) is 2.93. The van der Waals surface area contributed by atoms with Crippen LogP contribution in [0.5, 0.6) is 0 Å². The first-order chi connectivity index (χ1) is 9.39. The largest absolute Gasteiger partial charge is 0.378 e. The molecule has 0 spiro atoms. The van der Waals surface area contributed by atoms with E-state index in [4.69, 9.17) is 5.73 Å². The van der Waals surface area contributed by atoms with Crippen LogP contribution in [0.15, 0.2) is 29.2 Å². The van der Waals surface area contributed by atoms with E-state index in [9.17, 15) is 17.2 Å². The van der Waals surface area contributed by atoms with Gasteiger partial charge in [-0.15, -0.1) is 0 Å². The lowest BCUT2D eigenvalue weighted by Crippen LogP contribution is -2.42. The molecular formula is C13H18F2N2O2S. The van der Waals surface area contributed by atoms with Crippen molar-refractivity contribution < 1.29 is 17.2 Å². The van der Waals surface area contributed by atoms with Crippen molar-refractivity contribution in [3.8, 4) is 0 Å². The normalized spacial score (nSPS) is 18.4. The standard InChI is InChI=1S/C13H18F2N2O2S/c14-12(15)20(18,19)11-5-3-10(4-6-11)17-13(9-16)7-1-2-8-13/h3-6,12,17H,1-2,7-9,16H2. The Kier molecular flexibility index (Phi) is 4.29. The number of sulfone groups is 1. The number of anilines is 1. The van der Waals surface area contributed by atoms with Gasteiger partial charge in [0.15, 0.2) is 0 Å². The number of nitrogens with two attached hydrogens (primary N) is 1. The topological polar surface area (TPSA) is 72.2 Å². The van der Waals surface area contributed by atoms with Crippen molar-refractivity contribution in [1.29, 1.82) is 0 Å². The van der Waals surface area contributed by atoms with E-state index in [1.165, 1.54) is 24.3 Å². The highest BCUT2D eigenvalue weighted by Crippen LogP contribution is 2.32. The first-order valence-electron chi connectivity index (χ1n) is 6.50. The van der Waals surface area contributed by atoms with Crippen molar-refractivity contribution in [3.05, 3.63) is 24.3 Å². The van der Waals surface area contributed by atoms with Gasteiger partial charge in [0, 0.05) is 17.8 Å². The van der Waals surface area contributed by atoms with Crippen LogP contribution < -0.4 is 11.1 Å². The molecule has 0 radical (unpaired) electrons. The summed E-state index contributed by atoms with van der Waals surface area (Å²) in [5.41, 5.74) is 6.33. The van der Waals surface area contributed by atoms with E-state index in [0.29, 0.717) is 12.2 Å². The number of hydrogen-bond donors (Lipinski definition) is 2. The van der Waals surface area contributed by atoms with Gasteiger partial charge in [-0.25, -0.2) is 8.42 Å². The van der Waals surface area contributed by atoms with Crippen molar-refractivity contribution in [1.82, 2.24) is 0 Å². The van der Waals surface area contributed by atoms with Crippen LogP contribution in [0.2, 0.25) is 0 Å². The van der Waals surface area contributed by atoms with Gasteiger partial charge in [-0.2, -0.15) is 8.78 Å². The molecule has 0 aliphatic heterocycles. The fourth-order valence-electron chi connectivity index (χ4n) is 2.57. The Hall–Kier alpha value is -1.21. The van der Waals surface area contributed by atoms with Crippen LogP contribution in [-0.4, -0.2) is 26.3 Å². The highest BCUT2D eigenvalue weighted by molar-refractivity contribution is 7.91. The molecule has 1 aromatic carbocycles.